The number of aliphatic hydroxyl groups excluding tert-OH is 1. The van der Waals surface area contributed by atoms with Crippen LogP contribution in [0.4, 0.5) is 0 Å². The molecule has 0 spiro atoms. The van der Waals surface area contributed by atoms with E-state index in [1.165, 1.54) is 12.5 Å². The van der Waals surface area contributed by atoms with E-state index in [4.69, 9.17) is 9.84 Å². The van der Waals surface area contributed by atoms with E-state index in [1.807, 2.05) is 6.08 Å². The summed E-state index contributed by atoms with van der Waals surface area (Å²) in [5.41, 5.74) is 1.41. The highest BCUT2D eigenvalue weighted by Gasteiger charge is 2.45. The Morgan fingerprint density at radius 3 is 2.75 bits per heavy atom. The Hall–Kier alpha value is -1.62. The van der Waals surface area contributed by atoms with E-state index in [2.05, 4.69) is 19.1 Å². The van der Waals surface area contributed by atoms with Crippen LogP contribution in [0.25, 0.3) is 0 Å². The van der Waals surface area contributed by atoms with Crippen molar-refractivity contribution in [3.63, 3.8) is 0 Å². The Kier molecular flexibility index (Phi) is 9.23. The average Bonchev–Trinajstić information content (AvgIpc) is 3.14. The SMILES string of the molecule is CCCCC[C@H](O)/C=C/[C@@H]1[C@H]2CC(CCCCC(=O)O)=C[C@H]2C[C@H]1OC(C)=O. The minimum atomic E-state index is -0.732. The van der Waals surface area contributed by atoms with Crippen molar-refractivity contribution in [1.82, 2.24) is 0 Å². The fourth-order valence-electron chi connectivity index (χ4n) is 4.69. The molecular weight excluding hydrogens is 356 g/mol. The second-order valence-corrected chi connectivity index (χ2v) is 8.37. The first-order chi connectivity index (χ1) is 13.4. The third-order valence-corrected chi connectivity index (χ3v) is 6.04. The molecule has 2 N–H and O–H groups in total. The third kappa shape index (κ3) is 7.08. The van der Waals surface area contributed by atoms with Gasteiger partial charge in [0.1, 0.15) is 6.10 Å². The van der Waals surface area contributed by atoms with Crippen molar-refractivity contribution in [2.24, 2.45) is 17.8 Å². The summed E-state index contributed by atoms with van der Waals surface area (Å²) >= 11 is 0. The largest absolute Gasteiger partial charge is 0.481 e. The molecule has 1 fully saturated rings. The normalized spacial score (nSPS) is 27.6. The Bertz CT molecular complexity index is 580. The van der Waals surface area contributed by atoms with Crippen LogP contribution < -0.4 is 0 Å². The molecule has 0 bridgehead atoms. The van der Waals surface area contributed by atoms with Crippen molar-refractivity contribution in [3.8, 4) is 0 Å². The van der Waals surface area contributed by atoms with Crippen LogP contribution in [-0.4, -0.2) is 34.4 Å². The highest BCUT2D eigenvalue weighted by Crippen LogP contribution is 2.49. The molecule has 0 aromatic heterocycles. The van der Waals surface area contributed by atoms with Gasteiger partial charge in [-0.3, -0.25) is 9.59 Å². The molecule has 5 atom stereocenters. The minimum Gasteiger partial charge on any atom is -0.481 e. The Morgan fingerprint density at radius 2 is 2.07 bits per heavy atom. The van der Waals surface area contributed by atoms with E-state index in [1.54, 1.807) is 0 Å². The second-order valence-electron chi connectivity index (χ2n) is 8.37. The quantitative estimate of drug-likeness (QED) is 0.287. The number of aliphatic hydroxyl groups is 1. The van der Waals surface area contributed by atoms with Crippen LogP contribution in [0.2, 0.25) is 0 Å². The number of esters is 1. The van der Waals surface area contributed by atoms with Crippen LogP contribution in [0.5, 0.6) is 0 Å². The number of ether oxygens (including phenoxy) is 1. The Balaban J connectivity index is 1.92. The average molecular weight is 393 g/mol. The number of hydrogen-bond donors (Lipinski definition) is 2. The van der Waals surface area contributed by atoms with Crippen molar-refractivity contribution in [2.75, 3.05) is 0 Å². The lowest BCUT2D eigenvalue weighted by molar-refractivity contribution is -0.147. The molecule has 2 rings (SSSR count). The summed E-state index contributed by atoms with van der Waals surface area (Å²) in [5.74, 6) is -0.0138. The highest BCUT2D eigenvalue weighted by molar-refractivity contribution is 5.66. The van der Waals surface area contributed by atoms with Gasteiger partial charge < -0.3 is 14.9 Å². The van der Waals surface area contributed by atoms with Crippen molar-refractivity contribution in [2.45, 2.75) is 90.3 Å². The molecule has 0 aliphatic heterocycles. The number of unbranched alkanes of at least 4 members (excludes halogenated alkanes) is 3. The zero-order valence-corrected chi connectivity index (χ0v) is 17.3. The van der Waals surface area contributed by atoms with Gasteiger partial charge in [-0.25, -0.2) is 0 Å². The third-order valence-electron chi connectivity index (χ3n) is 6.04. The van der Waals surface area contributed by atoms with Crippen LogP contribution in [0, 0.1) is 17.8 Å². The van der Waals surface area contributed by atoms with Gasteiger partial charge in [-0.15, -0.1) is 0 Å². The monoisotopic (exact) mass is 392 g/mol. The first-order valence-electron chi connectivity index (χ1n) is 10.9. The maximum absolute atomic E-state index is 11.5. The van der Waals surface area contributed by atoms with Crippen molar-refractivity contribution in [1.29, 1.82) is 0 Å². The predicted octanol–water partition coefficient (Wildman–Crippen LogP) is 4.64. The Morgan fingerprint density at radius 1 is 1.29 bits per heavy atom. The lowest BCUT2D eigenvalue weighted by atomic mass is 9.88. The maximum Gasteiger partial charge on any atom is 0.303 e. The summed E-state index contributed by atoms with van der Waals surface area (Å²) in [6, 6.07) is 0. The predicted molar refractivity (Wildman–Crippen MR) is 109 cm³/mol. The molecule has 0 aromatic rings. The lowest BCUT2D eigenvalue weighted by Gasteiger charge is -2.22. The van der Waals surface area contributed by atoms with Crippen LogP contribution in [0.15, 0.2) is 23.8 Å². The van der Waals surface area contributed by atoms with Crippen molar-refractivity contribution < 1.29 is 24.5 Å². The summed E-state index contributed by atoms with van der Waals surface area (Å²) in [5, 5.41) is 19.0. The highest BCUT2D eigenvalue weighted by atomic mass is 16.5. The van der Waals surface area contributed by atoms with E-state index in [-0.39, 0.29) is 24.4 Å². The number of allylic oxidation sites excluding steroid dienone is 2. The first kappa shape index (κ1) is 22.7. The molecule has 0 saturated heterocycles. The zero-order chi connectivity index (χ0) is 20.5. The van der Waals surface area contributed by atoms with Crippen molar-refractivity contribution in [3.05, 3.63) is 23.8 Å². The number of carbonyl (C=O) groups is 2. The van der Waals surface area contributed by atoms with E-state index in [0.717, 1.165) is 51.4 Å². The number of rotatable bonds is 12. The van der Waals surface area contributed by atoms with Gasteiger partial charge in [0.25, 0.3) is 0 Å². The number of hydrogen-bond acceptors (Lipinski definition) is 4. The van der Waals surface area contributed by atoms with E-state index in [0.29, 0.717) is 18.3 Å². The minimum absolute atomic E-state index is 0.114. The summed E-state index contributed by atoms with van der Waals surface area (Å²) in [6.07, 6.45) is 14.4. The van der Waals surface area contributed by atoms with Gasteiger partial charge in [-0.2, -0.15) is 0 Å². The summed E-state index contributed by atoms with van der Waals surface area (Å²) in [6.45, 7) is 3.61. The van der Waals surface area contributed by atoms with Crippen LogP contribution in [-0.2, 0) is 14.3 Å². The van der Waals surface area contributed by atoms with Gasteiger partial charge in [0.05, 0.1) is 6.10 Å². The van der Waals surface area contributed by atoms with Gasteiger partial charge in [0.15, 0.2) is 0 Å². The molecular formula is C23H36O5. The molecule has 28 heavy (non-hydrogen) atoms. The number of carboxylic acids is 1. The molecule has 0 aromatic carbocycles. The van der Waals surface area contributed by atoms with Gasteiger partial charge in [0.2, 0.25) is 0 Å². The molecule has 2 aliphatic rings. The zero-order valence-electron chi connectivity index (χ0n) is 17.3. The number of aliphatic carboxylic acids is 1. The van der Waals surface area contributed by atoms with E-state index < -0.39 is 12.1 Å². The van der Waals surface area contributed by atoms with E-state index >= 15 is 0 Å². The van der Waals surface area contributed by atoms with Crippen LogP contribution >= 0.6 is 0 Å². The standard InChI is InChI=1S/C23H36O5/c1-3-4-5-9-19(25)11-12-20-21-14-17(8-6-7-10-23(26)27)13-18(21)15-22(20)28-16(2)24/h11-13,18-22,25H,3-10,14-15H2,1-2H3,(H,26,27)/b12-11+/t18-,19-,20+,21-,22+/m0/s1. The first-order valence-corrected chi connectivity index (χ1v) is 10.9. The molecule has 0 amide bonds. The molecule has 158 valence electrons. The van der Waals surface area contributed by atoms with Gasteiger partial charge in [-0.1, -0.05) is 50.0 Å². The molecule has 0 radical (unpaired) electrons. The topological polar surface area (TPSA) is 83.8 Å². The smallest absolute Gasteiger partial charge is 0.303 e. The van der Waals surface area contributed by atoms with Crippen LogP contribution in [0.3, 0.4) is 0 Å². The Labute approximate surface area is 168 Å². The second kappa shape index (κ2) is 11.4. The summed E-state index contributed by atoms with van der Waals surface area (Å²) < 4.78 is 5.58. The molecule has 0 heterocycles. The van der Waals surface area contributed by atoms with Gasteiger partial charge in [-0.05, 0) is 50.4 Å². The van der Waals surface area contributed by atoms with E-state index in [9.17, 15) is 14.7 Å². The van der Waals surface area contributed by atoms with Gasteiger partial charge >= 0.3 is 11.9 Å². The van der Waals surface area contributed by atoms with Gasteiger partial charge in [0, 0.05) is 19.3 Å². The number of carbonyl (C=O) groups excluding carboxylic acids is 1. The fraction of sp³-hybridized carbons (Fsp3) is 0.739. The summed E-state index contributed by atoms with van der Waals surface area (Å²) in [4.78, 5) is 22.2. The van der Waals surface area contributed by atoms with Crippen molar-refractivity contribution >= 4 is 11.9 Å². The fourth-order valence-corrected chi connectivity index (χ4v) is 4.69. The molecule has 1 saturated carbocycles. The molecule has 2 aliphatic carbocycles. The molecule has 0 unspecified atom stereocenters. The van der Waals surface area contributed by atoms with Crippen LogP contribution in [0.1, 0.15) is 78.1 Å². The number of carboxylic acid groups (broad SMARTS) is 1. The molecule has 5 nitrogen and oxygen atoms in total. The lowest BCUT2D eigenvalue weighted by Crippen LogP contribution is -2.23. The molecule has 5 heteroatoms. The number of fused-ring (bicyclic) bond motifs is 1. The maximum atomic E-state index is 11.5. The summed E-state index contributed by atoms with van der Waals surface area (Å²) in [7, 11) is 0.